The number of benzene rings is 2. The van der Waals surface area contributed by atoms with Crippen LogP contribution in [0.4, 0.5) is 15.8 Å². The molecule has 118 valence electrons. The number of aryl methyl sites for hydroxylation is 1. The average Bonchev–Trinajstić information content (AvgIpc) is 2.89. The molecule has 1 unspecified atom stereocenters. The highest BCUT2D eigenvalue weighted by Crippen LogP contribution is 2.37. The highest BCUT2D eigenvalue weighted by molar-refractivity contribution is 5.95. The first-order valence-corrected chi connectivity index (χ1v) is 7.30. The van der Waals surface area contributed by atoms with Crippen molar-refractivity contribution in [2.45, 2.75) is 25.8 Å². The van der Waals surface area contributed by atoms with E-state index >= 15 is 0 Å². The van der Waals surface area contributed by atoms with Gasteiger partial charge in [-0.3, -0.25) is 14.9 Å². The lowest BCUT2D eigenvalue weighted by Crippen LogP contribution is -2.09. The number of ketones is 1. The number of nitro groups is 1. The summed E-state index contributed by atoms with van der Waals surface area (Å²) in [5, 5.41) is 14.4. The largest absolute Gasteiger partial charge is 0.373 e. The van der Waals surface area contributed by atoms with Gasteiger partial charge in [-0.05, 0) is 55.2 Å². The number of carbonyl (C=O) groups excluding carboxylic acids is 1. The molecule has 0 radical (unpaired) electrons. The molecule has 6 heteroatoms. The van der Waals surface area contributed by atoms with Crippen LogP contribution in [0.15, 0.2) is 36.4 Å². The van der Waals surface area contributed by atoms with Crippen molar-refractivity contribution in [2.75, 3.05) is 5.32 Å². The van der Waals surface area contributed by atoms with Crippen LogP contribution in [0, 0.1) is 15.9 Å². The van der Waals surface area contributed by atoms with Crippen molar-refractivity contribution in [3.8, 4) is 0 Å². The van der Waals surface area contributed by atoms with Crippen molar-refractivity contribution in [3.05, 3.63) is 69.0 Å². The minimum absolute atomic E-state index is 0.150. The van der Waals surface area contributed by atoms with E-state index in [-0.39, 0.29) is 23.3 Å². The van der Waals surface area contributed by atoms with E-state index in [9.17, 15) is 19.3 Å². The lowest BCUT2D eigenvalue weighted by molar-refractivity contribution is -0.384. The van der Waals surface area contributed by atoms with Crippen molar-refractivity contribution in [1.29, 1.82) is 0 Å². The van der Waals surface area contributed by atoms with Crippen LogP contribution in [0.25, 0.3) is 0 Å². The molecule has 23 heavy (non-hydrogen) atoms. The van der Waals surface area contributed by atoms with Gasteiger partial charge >= 0.3 is 0 Å². The molecule has 0 saturated heterocycles. The monoisotopic (exact) mass is 314 g/mol. The zero-order chi connectivity index (χ0) is 16.6. The third-order valence-corrected chi connectivity index (χ3v) is 4.12. The fraction of sp³-hybridized carbons (Fsp3) is 0.235. The first-order chi connectivity index (χ1) is 11.0. The molecule has 0 amide bonds. The molecule has 0 saturated carbocycles. The number of rotatable bonds is 4. The van der Waals surface area contributed by atoms with E-state index < -0.39 is 4.92 Å². The van der Waals surface area contributed by atoms with Gasteiger partial charge in [0.15, 0.2) is 5.78 Å². The molecule has 2 aromatic carbocycles. The normalized spacial score (nSPS) is 16.0. The number of anilines is 1. The summed E-state index contributed by atoms with van der Waals surface area (Å²) in [5.74, 6) is -0.549. The maximum atomic E-state index is 13.4. The van der Waals surface area contributed by atoms with Crippen molar-refractivity contribution in [3.63, 3.8) is 0 Å². The lowest BCUT2D eigenvalue weighted by atomic mass is 10.1. The third-order valence-electron chi connectivity index (χ3n) is 4.12. The Morgan fingerprint density at radius 2 is 2.09 bits per heavy atom. The van der Waals surface area contributed by atoms with Crippen molar-refractivity contribution >= 4 is 17.2 Å². The maximum Gasteiger partial charge on any atom is 0.293 e. The van der Waals surface area contributed by atoms with Gasteiger partial charge in [0.25, 0.3) is 5.69 Å². The Bertz CT molecular complexity index is 804. The Morgan fingerprint density at radius 3 is 2.78 bits per heavy atom. The second-order valence-corrected chi connectivity index (χ2v) is 5.62. The number of nitrogens with zero attached hydrogens (tertiary/aromatic N) is 1. The lowest BCUT2D eigenvalue weighted by Gasteiger charge is -2.16. The van der Waals surface area contributed by atoms with Gasteiger partial charge in [0.05, 0.1) is 11.0 Å². The van der Waals surface area contributed by atoms with Gasteiger partial charge in [-0.15, -0.1) is 0 Å². The SMILES string of the molecule is CC(=O)c1ccc(NC2CCc3ccc(F)cc32)c([N+](=O)[O-])c1. The summed E-state index contributed by atoms with van der Waals surface area (Å²) in [5.41, 5.74) is 2.35. The molecule has 0 spiro atoms. The van der Waals surface area contributed by atoms with Crippen LogP contribution < -0.4 is 5.32 Å². The van der Waals surface area contributed by atoms with Gasteiger partial charge in [-0.2, -0.15) is 0 Å². The van der Waals surface area contributed by atoms with Crippen molar-refractivity contribution in [1.82, 2.24) is 0 Å². The molecule has 1 atom stereocenters. The summed E-state index contributed by atoms with van der Waals surface area (Å²) in [4.78, 5) is 22.1. The van der Waals surface area contributed by atoms with E-state index in [4.69, 9.17) is 0 Å². The fourth-order valence-electron chi connectivity index (χ4n) is 2.93. The first-order valence-electron chi connectivity index (χ1n) is 7.30. The highest BCUT2D eigenvalue weighted by atomic mass is 19.1. The molecule has 0 heterocycles. The van der Waals surface area contributed by atoms with Crippen LogP contribution in [0.5, 0.6) is 0 Å². The molecule has 0 bridgehead atoms. The van der Waals surface area contributed by atoms with Gasteiger partial charge in [-0.25, -0.2) is 4.39 Å². The third kappa shape index (κ3) is 2.92. The van der Waals surface area contributed by atoms with Gasteiger partial charge < -0.3 is 5.32 Å². The second kappa shape index (κ2) is 5.79. The minimum Gasteiger partial charge on any atom is -0.373 e. The molecule has 1 aliphatic rings. The second-order valence-electron chi connectivity index (χ2n) is 5.62. The summed E-state index contributed by atoms with van der Waals surface area (Å²) in [6.45, 7) is 1.36. The van der Waals surface area contributed by atoms with Crippen LogP contribution in [-0.2, 0) is 6.42 Å². The Balaban J connectivity index is 1.94. The number of hydrogen-bond acceptors (Lipinski definition) is 4. The molecule has 0 fully saturated rings. The maximum absolute atomic E-state index is 13.4. The number of nitro benzene ring substituents is 1. The Hall–Kier alpha value is -2.76. The van der Waals surface area contributed by atoms with Gasteiger partial charge in [-0.1, -0.05) is 6.07 Å². The van der Waals surface area contributed by atoms with Crippen LogP contribution in [0.1, 0.15) is 40.9 Å². The van der Waals surface area contributed by atoms with Crippen LogP contribution in [-0.4, -0.2) is 10.7 Å². The van der Waals surface area contributed by atoms with Gasteiger partial charge in [0.1, 0.15) is 11.5 Å². The van der Waals surface area contributed by atoms with Crippen LogP contribution in [0.3, 0.4) is 0 Å². The predicted octanol–water partition coefficient (Wildman–Crippen LogP) is 4.04. The molecular formula is C17H15FN2O3. The average molecular weight is 314 g/mol. The summed E-state index contributed by atoms with van der Waals surface area (Å²) in [7, 11) is 0. The molecule has 2 aromatic rings. The van der Waals surface area contributed by atoms with E-state index in [1.165, 1.54) is 31.2 Å². The standard InChI is InChI=1S/C17H15FN2O3/c1-10(21)12-4-7-16(17(8-12)20(22)23)19-15-6-3-11-2-5-13(18)9-14(11)15/h2,4-5,7-9,15,19H,3,6H2,1H3. The van der Waals surface area contributed by atoms with Crippen LogP contribution in [0.2, 0.25) is 0 Å². The van der Waals surface area contributed by atoms with E-state index in [0.29, 0.717) is 11.3 Å². The number of Topliss-reactive ketones (excluding diaryl/α,β-unsaturated/α-hetero) is 1. The number of carbonyl (C=O) groups is 1. The minimum atomic E-state index is -0.518. The Labute approximate surface area is 132 Å². The molecular weight excluding hydrogens is 299 g/mol. The molecule has 0 aliphatic heterocycles. The van der Waals surface area contributed by atoms with Crippen molar-refractivity contribution in [2.24, 2.45) is 0 Å². The number of hydrogen-bond donors (Lipinski definition) is 1. The highest BCUT2D eigenvalue weighted by Gasteiger charge is 2.25. The summed E-state index contributed by atoms with van der Waals surface area (Å²) < 4.78 is 13.4. The zero-order valence-electron chi connectivity index (χ0n) is 12.5. The zero-order valence-corrected chi connectivity index (χ0v) is 12.5. The van der Waals surface area contributed by atoms with E-state index in [0.717, 1.165) is 24.0 Å². The topological polar surface area (TPSA) is 72.2 Å². The van der Waals surface area contributed by atoms with Gasteiger partial charge in [0, 0.05) is 11.6 Å². The first kappa shape index (κ1) is 15.1. The molecule has 1 N–H and O–H groups in total. The van der Waals surface area contributed by atoms with E-state index in [1.807, 2.05) is 0 Å². The van der Waals surface area contributed by atoms with E-state index in [2.05, 4.69) is 5.32 Å². The van der Waals surface area contributed by atoms with Crippen LogP contribution >= 0.6 is 0 Å². The summed E-state index contributed by atoms with van der Waals surface area (Å²) in [6.07, 6.45) is 1.54. The van der Waals surface area contributed by atoms with Gasteiger partial charge in [0.2, 0.25) is 0 Å². The predicted molar refractivity (Wildman–Crippen MR) is 84.2 cm³/mol. The molecule has 5 nitrogen and oxygen atoms in total. The smallest absolute Gasteiger partial charge is 0.293 e. The Morgan fingerprint density at radius 1 is 1.30 bits per heavy atom. The number of fused-ring (bicyclic) bond motifs is 1. The summed E-state index contributed by atoms with van der Waals surface area (Å²) >= 11 is 0. The summed E-state index contributed by atoms with van der Waals surface area (Å²) in [6, 6.07) is 8.82. The number of halogens is 1. The Kier molecular flexibility index (Phi) is 3.82. The molecule has 1 aliphatic carbocycles. The van der Waals surface area contributed by atoms with E-state index in [1.54, 1.807) is 12.1 Å². The van der Waals surface area contributed by atoms with Crippen molar-refractivity contribution < 1.29 is 14.1 Å². The number of nitrogens with one attached hydrogen (secondary N) is 1. The quantitative estimate of drug-likeness (QED) is 0.525. The fourth-order valence-corrected chi connectivity index (χ4v) is 2.93. The molecule has 0 aromatic heterocycles. The molecule has 3 rings (SSSR count).